The van der Waals surface area contributed by atoms with E-state index in [9.17, 15) is 0 Å². The van der Waals surface area contributed by atoms with Crippen LogP contribution in [-0.2, 0) is 0 Å². The molecule has 0 unspecified atom stereocenters. The molecule has 0 aromatic carbocycles. The smallest absolute Gasteiger partial charge is 0.000672 e. The van der Waals surface area contributed by atoms with Crippen LogP contribution in [0.1, 0.15) is 128 Å². The predicted molar refractivity (Wildman–Crippen MR) is 194 cm³/mol. The molecule has 264 valence electrons. The van der Waals surface area contributed by atoms with Gasteiger partial charge in [0, 0.05) is 0 Å². The summed E-state index contributed by atoms with van der Waals surface area (Å²) in [4.78, 5) is 10.2. The Kier molecular flexibility index (Phi) is 30.9. The van der Waals surface area contributed by atoms with Crippen LogP contribution in [0.25, 0.3) is 0 Å². The lowest BCUT2D eigenvalue weighted by atomic mass is 10.1. The van der Waals surface area contributed by atoms with Crippen LogP contribution < -0.4 is 22.9 Å². The summed E-state index contributed by atoms with van der Waals surface area (Å²) in [5.41, 5.74) is 21.7. The first-order chi connectivity index (χ1) is 21.7. The highest BCUT2D eigenvalue weighted by molar-refractivity contribution is 4.67. The second kappa shape index (κ2) is 32.6. The maximum Gasteiger partial charge on any atom is -0.000672 e. The first-order valence-corrected chi connectivity index (χ1v) is 19.4. The van der Waals surface area contributed by atoms with Crippen molar-refractivity contribution in [3.05, 3.63) is 0 Å². The molecule has 4 heterocycles. The van der Waals surface area contributed by atoms with Gasteiger partial charge >= 0.3 is 0 Å². The third-order valence-corrected chi connectivity index (χ3v) is 9.51. The first-order valence-electron chi connectivity index (χ1n) is 19.4. The summed E-state index contributed by atoms with van der Waals surface area (Å²) in [5, 5.41) is 0. The van der Waals surface area contributed by atoms with Crippen molar-refractivity contribution in [2.45, 2.75) is 128 Å². The number of rotatable bonds is 18. The minimum Gasteiger partial charge on any atom is -0.330 e. The molecule has 0 aromatic rings. The molecule has 0 bridgehead atoms. The second-order valence-corrected chi connectivity index (χ2v) is 13.6. The molecule has 4 saturated heterocycles. The third kappa shape index (κ3) is 25.8. The van der Waals surface area contributed by atoms with Gasteiger partial charge in [-0.3, -0.25) is 0 Å². The summed E-state index contributed by atoms with van der Waals surface area (Å²) in [5.74, 6) is 0. The minimum atomic E-state index is 0.844. The number of piperidine rings is 2. The summed E-state index contributed by atoms with van der Waals surface area (Å²) in [6.07, 6.45) is 27.0. The summed E-state index contributed by atoms with van der Waals surface area (Å²) < 4.78 is 0. The first kappa shape index (κ1) is 41.7. The average molecular weight is 625 g/mol. The van der Waals surface area contributed by atoms with Crippen LogP contribution in [0.2, 0.25) is 0 Å². The van der Waals surface area contributed by atoms with Crippen LogP contribution in [-0.4, -0.2) is 124 Å². The van der Waals surface area contributed by atoms with E-state index in [-0.39, 0.29) is 0 Å². The maximum atomic E-state index is 5.44. The van der Waals surface area contributed by atoms with Crippen LogP contribution in [0.3, 0.4) is 0 Å². The van der Waals surface area contributed by atoms with Gasteiger partial charge < -0.3 is 42.5 Å². The number of nitrogens with zero attached hydrogens (tertiary/aromatic N) is 4. The number of nitrogens with two attached hydrogens (primary N) is 4. The molecule has 0 amide bonds. The lowest BCUT2D eigenvalue weighted by Crippen LogP contribution is -2.31. The monoisotopic (exact) mass is 625 g/mol. The molecular formula is C36H80N8. The molecule has 4 fully saturated rings. The van der Waals surface area contributed by atoms with E-state index < -0.39 is 0 Å². The van der Waals surface area contributed by atoms with Crippen LogP contribution in [0.15, 0.2) is 0 Å². The molecule has 4 aliphatic rings. The normalized spacial score (nSPS) is 19.9. The Morgan fingerprint density at radius 1 is 0.250 bits per heavy atom. The molecule has 8 nitrogen and oxygen atoms in total. The van der Waals surface area contributed by atoms with Crippen LogP contribution >= 0.6 is 0 Å². The number of hydrogen-bond donors (Lipinski definition) is 4. The van der Waals surface area contributed by atoms with Crippen molar-refractivity contribution in [1.29, 1.82) is 0 Å². The highest BCUT2D eigenvalue weighted by Crippen LogP contribution is 2.11. The van der Waals surface area contributed by atoms with Crippen LogP contribution in [0.4, 0.5) is 0 Å². The quantitative estimate of drug-likeness (QED) is 0.160. The summed E-state index contributed by atoms with van der Waals surface area (Å²) in [6.45, 7) is 19.1. The molecular weight excluding hydrogens is 544 g/mol. The molecule has 0 saturated carbocycles. The van der Waals surface area contributed by atoms with Crippen LogP contribution in [0, 0.1) is 0 Å². The van der Waals surface area contributed by atoms with E-state index in [1.165, 1.54) is 207 Å². The number of unbranched alkanes of at least 4 members (excludes halogenated alkanes) is 6. The lowest BCUT2D eigenvalue weighted by Gasteiger charge is -2.26. The van der Waals surface area contributed by atoms with E-state index in [2.05, 4.69) is 19.6 Å². The summed E-state index contributed by atoms with van der Waals surface area (Å²) in [7, 11) is 0. The highest BCUT2D eigenvalue weighted by atomic mass is 15.1. The predicted octanol–water partition coefficient (Wildman–Crippen LogP) is 4.84. The van der Waals surface area contributed by atoms with Crippen molar-refractivity contribution in [2.24, 2.45) is 22.9 Å². The van der Waals surface area contributed by atoms with Gasteiger partial charge in [-0.1, -0.05) is 38.5 Å². The molecule has 44 heavy (non-hydrogen) atoms. The van der Waals surface area contributed by atoms with Gasteiger partial charge in [-0.2, -0.15) is 0 Å². The summed E-state index contributed by atoms with van der Waals surface area (Å²) in [6, 6.07) is 0. The second-order valence-electron chi connectivity index (χ2n) is 13.6. The van der Waals surface area contributed by atoms with Gasteiger partial charge in [-0.05, 0) is 195 Å². The van der Waals surface area contributed by atoms with Gasteiger partial charge in [0.05, 0.1) is 0 Å². The molecule has 0 radical (unpaired) electrons. The molecule has 4 aliphatic heterocycles. The minimum absolute atomic E-state index is 0.844. The largest absolute Gasteiger partial charge is 0.330 e. The lowest BCUT2D eigenvalue weighted by molar-refractivity contribution is 0.224. The van der Waals surface area contributed by atoms with Gasteiger partial charge in [0.15, 0.2) is 0 Å². The Labute approximate surface area is 275 Å². The molecule has 0 aromatic heterocycles. The van der Waals surface area contributed by atoms with Crippen molar-refractivity contribution in [3.8, 4) is 0 Å². The molecule has 4 rings (SSSR count). The standard InChI is InChI=1S/C11H24N2.C10H22N2.C8H18N2.C7H16N2/c12-8-4-1-2-5-9-13-10-6-3-7-11-13;11-7-3-1-2-4-8-12-9-5-6-10-12;9-5-4-8-10-6-2-1-3-7-10;8-4-3-7-9-5-1-2-6-9/h1-12H2;1-11H2;1-9H2;1-8H2. The zero-order chi connectivity index (χ0) is 31.8. The molecule has 8 N–H and O–H groups in total. The Morgan fingerprint density at radius 2 is 0.477 bits per heavy atom. The van der Waals surface area contributed by atoms with Crippen molar-refractivity contribution >= 4 is 0 Å². The van der Waals surface area contributed by atoms with Crippen molar-refractivity contribution in [1.82, 2.24) is 19.6 Å². The van der Waals surface area contributed by atoms with Crippen molar-refractivity contribution in [3.63, 3.8) is 0 Å². The van der Waals surface area contributed by atoms with Crippen molar-refractivity contribution in [2.75, 3.05) is 105 Å². The van der Waals surface area contributed by atoms with Gasteiger partial charge in [0.1, 0.15) is 0 Å². The molecule has 0 atom stereocenters. The van der Waals surface area contributed by atoms with Gasteiger partial charge in [-0.25, -0.2) is 0 Å². The van der Waals surface area contributed by atoms with Crippen molar-refractivity contribution < 1.29 is 0 Å². The Balaban J connectivity index is 0.000000296. The third-order valence-electron chi connectivity index (χ3n) is 9.51. The maximum absolute atomic E-state index is 5.44. The molecule has 0 spiro atoms. The Morgan fingerprint density at radius 3 is 0.750 bits per heavy atom. The Bertz CT molecular complexity index is 542. The fourth-order valence-electron chi connectivity index (χ4n) is 6.67. The SMILES string of the molecule is NCCCCCCN1CCCC1.NCCCCCCN1CCCCC1.NCCCN1CCCC1.NCCCN1CCCCC1. The highest BCUT2D eigenvalue weighted by Gasteiger charge is 2.11. The van der Waals surface area contributed by atoms with Gasteiger partial charge in [0.2, 0.25) is 0 Å². The molecule has 0 aliphatic carbocycles. The van der Waals surface area contributed by atoms with E-state index in [0.29, 0.717) is 0 Å². The number of hydrogen-bond acceptors (Lipinski definition) is 8. The topological polar surface area (TPSA) is 117 Å². The van der Waals surface area contributed by atoms with E-state index in [4.69, 9.17) is 22.9 Å². The van der Waals surface area contributed by atoms with Crippen LogP contribution in [0.5, 0.6) is 0 Å². The van der Waals surface area contributed by atoms with Gasteiger partial charge in [0.25, 0.3) is 0 Å². The fourth-order valence-corrected chi connectivity index (χ4v) is 6.67. The average Bonchev–Trinajstić information content (AvgIpc) is 3.80. The number of likely N-dealkylation sites (tertiary alicyclic amines) is 4. The van der Waals surface area contributed by atoms with Gasteiger partial charge in [-0.15, -0.1) is 0 Å². The van der Waals surface area contributed by atoms with E-state index in [1.54, 1.807) is 0 Å². The zero-order valence-corrected chi connectivity index (χ0v) is 29.6. The zero-order valence-electron chi connectivity index (χ0n) is 29.6. The summed E-state index contributed by atoms with van der Waals surface area (Å²) >= 11 is 0. The van der Waals surface area contributed by atoms with E-state index >= 15 is 0 Å². The van der Waals surface area contributed by atoms with E-state index in [0.717, 1.165) is 26.2 Å². The fraction of sp³-hybridized carbons (Fsp3) is 1.00. The molecule has 8 heteroatoms. The van der Waals surface area contributed by atoms with E-state index in [1.807, 2.05) is 0 Å². The Hall–Kier alpha value is -0.320.